The van der Waals surface area contributed by atoms with Crippen molar-refractivity contribution in [3.05, 3.63) is 53.3 Å². The van der Waals surface area contributed by atoms with Crippen molar-refractivity contribution >= 4 is 35.0 Å². The van der Waals surface area contributed by atoms with Gasteiger partial charge in [-0.05, 0) is 42.7 Å². The zero-order valence-electron chi connectivity index (χ0n) is 16.0. The second kappa shape index (κ2) is 9.21. The second-order valence-corrected chi connectivity index (χ2v) is 8.15. The molecule has 0 saturated carbocycles. The molecular formula is C20H22ClN5OS. The van der Waals surface area contributed by atoms with Gasteiger partial charge in [0.05, 0.1) is 5.75 Å². The van der Waals surface area contributed by atoms with Crippen molar-refractivity contribution < 1.29 is 4.79 Å². The zero-order chi connectivity index (χ0) is 20.1. The lowest BCUT2D eigenvalue weighted by Gasteiger charge is -2.13. The van der Waals surface area contributed by atoms with Crippen molar-refractivity contribution in [2.75, 3.05) is 11.1 Å². The number of amides is 1. The molecule has 0 saturated heterocycles. The van der Waals surface area contributed by atoms with Gasteiger partial charge in [-0.1, -0.05) is 43.3 Å². The molecule has 0 atom stereocenters. The molecule has 3 rings (SSSR count). The molecule has 2 aromatic heterocycles. The highest BCUT2D eigenvalue weighted by Gasteiger charge is 2.17. The number of carbonyl (C=O) groups is 1. The smallest absolute Gasteiger partial charge is 0.234 e. The maximum absolute atomic E-state index is 12.4. The molecule has 1 N–H and O–H groups in total. The number of aromatic nitrogens is 4. The number of nitrogens with zero attached hydrogens (tertiary/aromatic N) is 4. The van der Waals surface area contributed by atoms with Crippen LogP contribution < -0.4 is 5.32 Å². The molecule has 0 fully saturated rings. The minimum absolute atomic E-state index is 0.114. The van der Waals surface area contributed by atoms with Crippen LogP contribution in [0.1, 0.15) is 19.4 Å². The predicted molar refractivity (Wildman–Crippen MR) is 114 cm³/mol. The summed E-state index contributed by atoms with van der Waals surface area (Å²) in [6.07, 6.45) is 3.49. The van der Waals surface area contributed by atoms with Gasteiger partial charge in [-0.25, -0.2) is 0 Å². The summed E-state index contributed by atoms with van der Waals surface area (Å²) in [5, 5.41) is 12.9. The van der Waals surface area contributed by atoms with Crippen molar-refractivity contribution in [2.24, 2.45) is 5.92 Å². The van der Waals surface area contributed by atoms with E-state index in [0.717, 1.165) is 29.2 Å². The Labute approximate surface area is 173 Å². The summed E-state index contributed by atoms with van der Waals surface area (Å²) in [5.74, 6) is 1.29. The van der Waals surface area contributed by atoms with E-state index in [1.165, 1.54) is 11.8 Å². The highest BCUT2D eigenvalue weighted by atomic mass is 35.5. The van der Waals surface area contributed by atoms with Crippen LogP contribution in [0.3, 0.4) is 0 Å². The van der Waals surface area contributed by atoms with Gasteiger partial charge in [0.25, 0.3) is 0 Å². The molecule has 0 aliphatic rings. The number of thioether (sulfide) groups is 1. The Bertz CT molecular complexity index is 958. The first-order valence-electron chi connectivity index (χ1n) is 8.97. The molecule has 146 valence electrons. The monoisotopic (exact) mass is 415 g/mol. The van der Waals surface area contributed by atoms with Crippen molar-refractivity contribution in [1.29, 1.82) is 0 Å². The Balaban J connectivity index is 1.74. The predicted octanol–water partition coefficient (Wildman–Crippen LogP) is 4.69. The van der Waals surface area contributed by atoms with Crippen molar-refractivity contribution in [2.45, 2.75) is 32.5 Å². The average Bonchev–Trinajstić information content (AvgIpc) is 3.06. The third kappa shape index (κ3) is 4.91. The van der Waals surface area contributed by atoms with Gasteiger partial charge in [0, 0.05) is 35.2 Å². The van der Waals surface area contributed by atoms with E-state index < -0.39 is 0 Å². The summed E-state index contributed by atoms with van der Waals surface area (Å²) < 4.78 is 2.05. The summed E-state index contributed by atoms with van der Waals surface area (Å²) >= 11 is 7.48. The Morgan fingerprint density at radius 3 is 2.79 bits per heavy atom. The van der Waals surface area contributed by atoms with E-state index in [1.54, 1.807) is 18.5 Å². The maximum atomic E-state index is 12.4. The first-order chi connectivity index (χ1) is 13.5. The van der Waals surface area contributed by atoms with Crippen LogP contribution in [0, 0.1) is 12.8 Å². The topological polar surface area (TPSA) is 72.7 Å². The van der Waals surface area contributed by atoms with Gasteiger partial charge < -0.3 is 9.88 Å². The number of benzene rings is 1. The van der Waals surface area contributed by atoms with E-state index in [-0.39, 0.29) is 11.7 Å². The first kappa shape index (κ1) is 20.4. The summed E-state index contributed by atoms with van der Waals surface area (Å²) in [4.78, 5) is 16.6. The van der Waals surface area contributed by atoms with E-state index in [2.05, 4.69) is 34.3 Å². The lowest BCUT2D eigenvalue weighted by Crippen LogP contribution is -2.16. The number of halogens is 1. The van der Waals surface area contributed by atoms with Gasteiger partial charge in [-0.3, -0.25) is 9.78 Å². The Kier molecular flexibility index (Phi) is 6.70. The minimum atomic E-state index is -0.114. The minimum Gasteiger partial charge on any atom is -0.325 e. The Morgan fingerprint density at radius 1 is 1.25 bits per heavy atom. The van der Waals surface area contributed by atoms with Gasteiger partial charge >= 0.3 is 0 Å². The fraction of sp³-hybridized carbons (Fsp3) is 0.300. The van der Waals surface area contributed by atoms with Crippen LogP contribution in [0.5, 0.6) is 0 Å². The fourth-order valence-electron chi connectivity index (χ4n) is 2.69. The average molecular weight is 416 g/mol. The van der Waals surface area contributed by atoms with Crippen molar-refractivity contribution in [1.82, 2.24) is 19.7 Å². The van der Waals surface area contributed by atoms with Crippen molar-refractivity contribution in [3.8, 4) is 11.4 Å². The summed E-state index contributed by atoms with van der Waals surface area (Å²) in [6, 6.07) is 9.28. The van der Waals surface area contributed by atoms with E-state index >= 15 is 0 Å². The Hall–Kier alpha value is -2.38. The van der Waals surface area contributed by atoms with Gasteiger partial charge in [0.15, 0.2) is 11.0 Å². The molecule has 1 aromatic carbocycles. The van der Waals surface area contributed by atoms with Gasteiger partial charge in [-0.15, -0.1) is 10.2 Å². The van der Waals surface area contributed by atoms with Crippen LogP contribution in [0.25, 0.3) is 11.4 Å². The van der Waals surface area contributed by atoms with Crippen LogP contribution in [0.4, 0.5) is 5.69 Å². The SMILES string of the molecule is Cc1c(Cl)cccc1NC(=O)CSc1nnc(-c2cccnc2)n1CC(C)C. The number of carbonyl (C=O) groups excluding carboxylic acids is 1. The van der Waals surface area contributed by atoms with Crippen LogP contribution in [0.2, 0.25) is 5.02 Å². The summed E-state index contributed by atoms with van der Waals surface area (Å²) in [5.41, 5.74) is 2.48. The molecule has 0 spiro atoms. The number of rotatable bonds is 7. The number of pyridine rings is 1. The highest BCUT2D eigenvalue weighted by Crippen LogP contribution is 2.26. The van der Waals surface area contributed by atoms with Crippen molar-refractivity contribution in [3.63, 3.8) is 0 Å². The van der Waals surface area contributed by atoms with Gasteiger partial charge in [0.2, 0.25) is 5.91 Å². The van der Waals surface area contributed by atoms with E-state index in [9.17, 15) is 4.79 Å². The molecule has 3 aromatic rings. The number of anilines is 1. The van der Waals surface area contributed by atoms with Gasteiger partial charge in [-0.2, -0.15) is 0 Å². The Morgan fingerprint density at radius 2 is 2.07 bits per heavy atom. The molecule has 0 unspecified atom stereocenters. The summed E-state index contributed by atoms with van der Waals surface area (Å²) in [7, 11) is 0. The van der Waals surface area contributed by atoms with Gasteiger partial charge in [0.1, 0.15) is 0 Å². The maximum Gasteiger partial charge on any atom is 0.234 e. The molecule has 0 aliphatic carbocycles. The van der Waals surface area contributed by atoms with E-state index in [4.69, 9.17) is 11.6 Å². The van der Waals surface area contributed by atoms with E-state index in [1.807, 2.05) is 35.8 Å². The quantitative estimate of drug-likeness (QED) is 0.567. The molecule has 0 aliphatic heterocycles. The third-order valence-electron chi connectivity index (χ3n) is 4.06. The standard InChI is InChI=1S/C20H22ClN5OS/c1-13(2)11-26-19(15-6-5-9-22-10-15)24-25-20(26)28-12-18(27)23-17-8-4-7-16(21)14(17)3/h4-10,13H,11-12H2,1-3H3,(H,23,27). The number of nitrogens with one attached hydrogen (secondary N) is 1. The largest absolute Gasteiger partial charge is 0.325 e. The lowest BCUT2D eigenvalue weighted by atomic mass is 10.2. The normalized spacial score (nSPS) is 11.0. The molecule has 28 heavy (non-hydrogen) atoms. The fourth-order valence-corrected chi connectivity index (χ4v) is 3.62. The molecule has 2 heterocycles. The number of hydrogen-bond acceptors (Lipinski definition) is 5. The zero-order valence-corrected chi connectivity index (χ0v) is 17.6. The summed E-state index contributed by atoms with van der Waals surface area (Å²) in [6.45, 7) is 6.91. The third-order valence-corrected chi connectivity index (χ3v) is 5.43. The van der Waals surface area contributed by atoms with Crippen LogP contribution >= 0.6 is 23.4 Å². The highest BCUT2D eigenvalue weighted by molar-refractivity contribution is 7.99. The number of hydrogen-bond donors (Lipinski definition) is 1. The van der Waals surface area contributed by atoms with Crippen LogP contribution in [0.15, 0.2) is 47.9 Å². The van der Waals surface area contributed by atoms with Crippen LogP contribution in [-0.4, -0.2) is 31.4 Å². The lowest BCUT2D eigenvalue weighted by molar-refractivity contribution is -0.113. The first-order valence-corrected chi connectivity index (χ1v) is 10.3. The van der Waals surface area contributed by atoms with Crippen LogP contribution in [-0.2, 0) is 11.3 Å². The molecule has 8 heteroatoms. The second-order valence-electron chi connectivity index (χ2n) is 6.80. The molecule has 0 bridgehead atoms. The molecular weight excluding hydrogens is 394 g/mol. The molecule has 6 nitrogen and oxygen atoms in total. The van der Waals surface area contributed by atoms with E-state index in [0.29, 0.717) is 16.1 Å². The molecule has 0 radical (unpaired) electrons. The molecule has 1 amide bonds.